The van der Waals surface area contributed by atoms with Crippen LogP contribution < -0.4 is 5.19 Å². The Balaban J connectivity index is 2.82. The molecule has 1 aromatic rings. The largest absolute Gasteiger partial charge is 0.0867 e. The van der Waals surface area contributed by atoms with Gasteiger partial charge in [0, 0.05) is 0 Å². The van der Waals surface area contributed by atoms with E-state index in [2.05, 4.69) is 51.1 Å². The lowest BCUT2D eigenvalue weighted by atomic mass is 10.2. The third-order valence-corrected chi connectivity index (χ3v) is 11.3. The van der Waals surface area contributed by atoms with Crippen LogP contribution in [0.15, 0.2) is 24.3 Å². The quantitative estimate of drug-likeness (QED) is 0.208. The Morgan fingerprint density at radius 3 is 1.36 bits per heavy atom. The third-order valence-electron chi connectivity index (χ3n) is 5.86. The topological polar surface area (TPSA) is 0 Å². The minimum atomic E-state index is -1.34. The first-order valence-corrected chi connectivity index (χ1v) is 13.9. The monoisotopic (exact) mass is 359 g/mol. The highest BCUT2D eigenvalue weighted by molar-refractivity contribution is 6.91. The number of hydrogen-bond acceptors (Lipinski definition) is 0. The molecule has 0 unspecified atom stereocenters. The fourth-order valence-electron chi connectivity index (χ4n) is 4.22. The Morgan fingerprint density at radius 1 is 0.600 bits per heavy atom. The summed E-state index contributed by atoms with van der Waals surface area (Å²) in [5.74, 6) is 0. The molecule has 143 valence electrons. The van der Waals surface area contributed by atoms with E-state index in [9.17, 15) is 0 Å². The van der Waals surface area contributed by atoms with Crippen LogP contribution >= 0.6 is 0 Å². The Labute approximate surface area is 159 Å². The van der Waals surface area contributed by atoms with Crippen LogP contribution in [0.2, 0.25) is 18.1 Å². The zero-order chi connectivity index (χ0) is 18.2. The molecule has 0 spiro atoms. The molecule has 0 saturated heterocycles. The highest BCUT2D eigenvalue weighted by Crippen LogP contribution is 2.29. The van der Waals surface area contributed by atoms with Crippen LogP contribution in [0.3, 0.4) is 0 Å². The molecule has 0 N–H and O–H groups in total. The van der Waals surface area contributed by atoms with Gasteiger partial charge in [-0.15, -0.1) is 0 Å². The van der Waals surface area contributed by atoms with Gasteiger partial charge in [-0.2, -0.15) is 0 Å². The van der Waals surface area contributed by atoms with Gasteiger partial charge in [-0.25, -0.2) is 0 Å². The van der Waals surface area contributed by atoms with Crippen LogP contribution in [0.4, 0.5) is 0 Å². The van der Waals surface area contributed by atoms with Crippen LogP contribution in [0.5, 0.6) is 0 Å². The Kier molecular flexibility index (Phi) is 13.1. The normalized spacial score (nSPS) is 11.8. The van der Waals surface area contributed by atoms with Crippen molar-refractivity contribution in [3.05, 3.63) is 30.3 Å². The van der Waals surface area contributed by atoms with E-state index < -0.39 is 8.07 Å². The van der Waals surface area contributed by atoms with Gasteiger partial charge in [0.1, 0.15) is 0 Å². The molecule has 0 nitrogen and oxygen atoms in total. The second-order valence-electron chi connectivity index (χ2n) is 8.00. The predicted octanol–water partition coefficient (Wildman–Crippen LogP) is 7.88. The molecular formula is C24H43Si. The maximum Gasteiger partial charge on any atom is 0.0867 e. The second kappa shape index (κ2) is 14.6. The van der Waals surface area contributed by atoms with Gasteiger partial charge in [0.25, 0.3) is 0 Å². The molecule has 0 fully saturated rings. The van der Waals surface area contributed by atoms with Crippen LogP contribution in [0, 0.1) is 6.07 Å². The van der Waals surface area contributed by atoms with Gasteiger partial charge in [-0.3, -0.25) is 0 Å². The first kappa shape index (κ1) is 22.5. The Hall–Kier alpha value is -0.563. The first-order valence-electron chi connectivity index (χ1n) is 11.3. The van der Waals surface area contributed by atoms with Crippen LogP contribution in [-0.2, 0) is 0 Å². The van der Waals surface area contributed by atoms with E-state index >= 15 is 0 Å². The molecule has 1 rings (SSSR count). The number of unbranched alkanes of at least 4 members (excludes halogenated alkanes) is 9. The van der Waals surface area contributed by atoms with Crippen molar-refractivity contribution < 1.29 is 0 Å². The van der Waals surface area contributed by atoms with Gasteiger partial charge in [0.2, 0.25) is 0 Å². The summed E-state index contributed by atoms with van der Waals surface area (Å²) >= 11 is 0. The smallest absolute Gasteiger partial charge is 0.0654 e. The van der Waals surface area contributed by atoms with Gasteiger partial charge < -0.3 is 0 Å². The van der Waals surface area contributed by atoms with Crippen molar-refractivity contribution >= 4 is 13.3 Å². The third kappa shape index (κ3) is 9.08. The summed E-state index contributed by atoms with van der Waals surface area (Å²) in [5.41, 5.74) is 0. The predicted molar refractivity (Wildman–Crippen MR) is 118 cm³/mol. The molecular weight excluding hydrogens is 316 g/mol. The molecule has 0 bridgehead atoms. The lowest BCUT2D eigenvalue weighted by molar-refractivity contribution is 0.668. The molecule has 0 amide bonds. The maximum absolute atomic E-state index is 3.26. The first-order chi connectivity index (χ1) is 12.3. The molecule has 0 aliphatic rings. The van der Waals surface area contributed by atoms with E-state index in [1.54, 1.807) is 5.19 Å². The van der Waals surface area contributed by atoms with E-state index in [4.69, 9.17) is 0 Å². The van der Waals surface area contributed by atoms with Gasteiger partial charge in [-0.1, -0.05) is 145 Å². The van der Waals surface area contributed by atoms with E-state index in [0.717, 1.165) is 0 Å². The maximum atomic E-state index is 3.26. The average molecular weight is 360 g/mol. The van der Waals surface area contributed by atoms with Crippen LogP contribution in [0.25, 0.3) is 0 Å². The van der Waals surface area contributed by atoms with Crippen molar-refractivity contribution in [2.45, 2.75) is 116 Å². The summed E-state index contributed by atoms with van der Waals surface area (Å²) in [4.78, 5) is 0. The van der Waals surface area contributed by atoms with Gasteiger partial charge in [0.05, 0.1) is 8.07 Å². The summed E-state index contributed by atoms with van der Waals surface area (Å²) in [6.07, 6.45) is 17.0. The van der Waals surface area contributed by atoms with Crippen molar-refractivity contribution in [3.8, 4) is 0 Å². The lowest BCUT2D eigenvalue weighted by Crippen LogP contribution is -2.47. The van der Waals surface area contributed by atoms with Crippen LogP contribution in [0.1, 0.15) is 97.8 Å². The minimum absolute atomic E-state index is 1.34. The van der Waals surface area contributed by atoms with E-state index in [0.29, 0.717) is 0 Å². The molecule has 0 atom stereocenters. The van der Waals surface area contributed by atoms with E-state index in [1.165, 1.54) is 95.2 Å². The summed E-state index contributed by atoms with van der Waals surface area (Å²) in [5, 5.41) is 1.73. The molecule has 25 heavy (non-hydrogen) atoms. The molecule has 1 aromatic carbocycles. The van der Waals surface area contributed by atoms with Crippen molar-refractivity contribution in [2.24, 2.45) is 0 Å². The SMILES string of the molecule is CCCCCC[Si](CCCCCC)(CCCCCC)c1cc[c]cc1. The van der Waals surface area contributed by atoms with E-state index in [-0.39, 0.29) is 0 Å². The molecule has 0 heterocycles. The number of rotatable bonds is 16. The highest BCUT2D eigenvalue weighted by Gasteiger charge is 2.33. The van der Waals surface area contributed by atoms with Crippen molar-refractivity contribution in [3.63, 3.8) is 0 Å². The summed E-state index contributed by atoms with van der Waals surface area (Å²) in [6.45, 7) is 6.98. The van der Waals surface area contributed by atoms with Crippen molar-refractivity contribution in [1.82, 2.24) is 0 Å². The second-order valence-corrected chi connectivity index (χ2v) is 12.6. The molecule has 1 radical (unpaired) electrons. The Morgan fingerprint density at radius 2 is 1.00 bits per heavy atom. The fraction of sp³-hybridized carbons (Fsp3) is 0.750. The fourth-order valence-corrected chi connectivity index (χ4v) is 9.49. The minimum Gasteiger partial charge on any atom is -0.0654 e. The summed E-state index contributed by atoms with van der Waals surface area (Å²) < 4.78 is 0. The summed E-state index contributed by atoms with van der Waals surface area (Å²) in [7, 11) is -1.34. The molecule has 1 heteroatoms. The zero-order valence-electron chi connectivity index (χ0n) is 17.4. The lowest BCUT2D eigenvalue weighted by Gasteiger charge is -2.33. The van der Waals surface area contributed by atoms with Gasteiger partial charge >= 0.3 is 0 Å². The highest BCUT2D eigenvalue weighted by atomic mass is 28.3. The number of hydrogen-bond donors (Lipinski definition) is 0. The molecule has 0 aromatic heterocycles. The summed E-state index contributed by atoms with van der Waals surface area (Å²) in [6, 6.07) is 17.0. The standard InChI is InChI=1S/C24H43Si/c1-4-7-10-16-21-25(22-17-11-8-5-2,23-18-12-9-6-3)24-19-14-13-15-20-24/h14-15,19-20H,4-12,16-18,21-23H2,1-3H3. The molecule has 0 saturated carbocycles. The number of benzene rings is 1. The van der Waals surface area contributed by atoms with Crippen LogP contribution in [-0.4, -0.2) is 8.07 Å². The van der Waals surface area contributed by atoms with Crippen molar-refractivity contribution in [1.29, 1.82) is 0 Å². The van der Waals surface area contributed by atoms with E-state index in [1.807, 2.05) is 0 Å². The van der Waals surface area contributed by atoms with Gasteiger partial charge in [-0.05, 0) is 6.07 Å². The molecule has 0 aliphatic carbocycles. The zero-order valence-corrected chi connectivity index (χ0v) is 18.4. The van der Waals surface area contributed by atoms with Crippen molar-refractivity contribution in [2.75, 3.05) is 0 Å². The average Bonchev–Trinajstić information content (AvgIpc) is 2.66. The van der Waals surface area contributed by atoms with Gasteiger partial charge in [0.15, 0.2) is 0 Å². The molecule has 0 aliphatic heterocycles. The Bertz CT molecular complexity index is 367.